The minimum absolute atomic E-state index is 0.300. The van der Waals surface area contributed by atoms with E-state index in [1.165, 1.54) is 10.7 Å². The molecule has 0 atom stereocenters. The first-order chi connectivity index (χ1) is 5.31. The van der Waals surface area contributed by atoms with E-state index in [0.29, 0.717) is 30.5 Å². The molecule has 0 aromatic carbocycles. The van der Waals surface area contributed by atoms with Crippen LogP contribution in [0.15, 0.2) is 6.07 Å². The molecule has 0 fully saturated rings. The first kappa shape index (κ1) is 7.65. The Morgan fingerprint density at radius 2 is 2.27 bits per heavy atom. The molecule has 0 spiro atoms. The number of nitrogens with zero attached hydrogens (tertiary/aromatic N) is 2. The summed E-state index contributed by atoms with van der Waals surface area (Å²) in [6, 6.07) is 1.46. The standard InChI is InChI=1S/C7H8N2O2/c1-2-9-7(5-11)3-6(4-10)8-9/h3-5H,2H2,1H3. The normalized spacial score (nSPS) is 9.55. The fourth-order valence-corrected chi connectivity index (χ4v) is 0.858. The molecule has 0 aliphatic rings. The van der Waals surface area contributed by atoms with Gasteiger partial charge in [-0.2, -0.15) is 5.10 Å². The smallest absolute Gasteiger partial charge is 0.170 e. The molecule has 0 bridgehead atoms. The van der Waals surface area contributed by atoms with E-state index in [4.69, 9.17) is 0 Å². The van der Waals surface area contributed by atoms with E-state index >= 15 is 0 Å². The molecule has 1 heterocycles. The summed E-state index contributed by atoms with van der Waals surface area (Å²) in [6.07, 6.45) is 1.31. The van der Waals surface area contributed by atoms with Crippen molar-refractivity contribution in [1.29, 1.82) is 0 Å². The summed E-state index contributed by atoms with van der Waals surface area (Å²) in [4.78, 5) is 20.6. The molecular weight excluding hydrogens is 144 g/mol. The Labute approximate surface area is 63.8 Å². The van der Waals surface area contributed by atoms with Crippen LogP contribution in [0.2, 0.25) is 0 Å². The summed E-state index contributed by atoms with van der Waals surface area (Å²) >= 11 is 0. The number of hydrogen-bond acceptors (Lipinski definition) is 3. The van der Waals surface area contributed by atoms with Gasteiger partial charge in [-0.05, 0) is 13.0 Å². The molecule has 0 saturated heterocycles. The largest absolute Gasteiger partial charge is 0.296 e. The van der Waals surface area contributed by atoms with E-state index in [0.717, 1.165) is 0 Å². The second kappa shape index (κ2) is 3.09. The van der Waals surface area contributed by atoms with Crippen molar-refractivity contribution in [3.05, 3.63) is 17.5 Å². The van der Waals surface area contributed by atoms with Crippen molar-refractivity contribution >= 4 is 12.6 Å². The minimum atomic E-state index is 0.300. The number of carbonyl (C=O) groups is 2. The Morgan fingerprint density at radius 3 is 2.64 bits per heavy atom. The summed E-state index contributed by atoms with van der Waals surface area (Å²) in [5.74, 6) is 0. The number of aldehydes is 2. The first-order valence-corrected chi connectivity index (χ1v) is 3.30. The van der Waals surface area contributed by atoms with Gasteiger partial charge in [-0.3, -0.25) is 14.3 Å². The summed E-state index contributed by atoms with van der Waals surface area (Å²) in [5, 5.41) is 3.84. The Hall–Kier alpha value is -1.45. The van der Waals surface area contributed by atoms with Gasteiger partial charge in [0.05, 0.1) is 0 Å². The van der Waals surface area contributed by atoms with Gasteiger partial charge in [-0.1, -0.05) is 0 Å². The van der Waals surface area contributed by atoms with E-state index in [2.05, 4.69) is 5.10 Å². The van der Waals surface area contributed by atoms with Gasteiger partial charge < -0.3 is 0 Å². The van der Waals surface area contributed by atoms with E-state index in [9.17, 15) is 9.59 Å². The van der Waals surface area contributed by atoms with Crippen LogP contribution in [-0.2, 0) is 6.54 Å². The van der Waals surface area contributed by atoms with E-state index in [1.807, 2.05) is 6.92 Å². The Kier molecular flexibility index (Phi) is 2.15. The molecule has 0 amide bonds. The molecule has 0 radical (unpaired) electrons. The van der Waals surface area contributed by atoms with E-state index in [1.54, 1.807) is 0 Å². The summed E-state index contributed by atoms with van der Waals surface area (Å²) in [7, 11) is 0. The predicted molar refractivity (Wildman–Crippen MR) is 38.7 cm³/mol. The number of aromatic nitrogens is 2. The van der Waals surface area contributed by atoms with Crippen LogP contribution in [0.1, 0.15) is 27.9 Å². The van der Waals surface area contributed by atoms with Crippen LogP contribution in [0.4, 0.5) is 0 Å². The second-order valence-electron chi connectivity index (χ2n) is 2.05. The zero-order valence-electron chi connectivity index (χ0n) is 6.15. The van der Waals surface area contributed by atoms with Gasteiger partial charge in [0, 0.05) is 6.54 Å². The maximum Gasteiger partial charge on any atom is 0.170 e. The second-order valence-corrected chi connectivity index (χ2v) is 2.05. The van der Waals surface area contributed by atoms with Crippen LogP contribution in [0.5, 0.6) is 0 Å². The lowest BCUT2D eigenvalue weighted by atomic mass is 10.4. The van der Waals surface area contributed by atoms with Gasteiger partial charge in [0.15, 0.2) is 12.6 Å². The zero-order valence-corrected chi connectivity index (χ0v) is 6.15. The SMILES string of the molecule is CCn1nc(C=O)cc1C=O. The molecule has 11 heavy (non-hydrogen) atoms. The third-order valence-electron chi connectivity index (χ3n) is 1.37. The zero-order chi connectivity index (χ0) is 8.27. The Bertz CT molecular complexity index is 278. The molecule has 1 rings (SSSR count). The lowest BCUT2D eigenvalue weighted by molar-refractivity contribution is 0.110. The molecule has 0 aliphatic heterocycles. The molecule has 1 aromatic rings. The molecule has 0 aliphatic carbocycles. The lowest BCUT2D eigenvalue weighted by Gasteiger charge is -1.94. The summed E-state index contributed by atoms with van der Waals surface area (Å²) in [6.45, 7) is 2.45. The van der Waals surface area contributed by atoms with Gasteiger partial charge in [-0.25, -0.2) is 0 Å². The molecule has 1 aromatic heterocycles. The highest BCUT2D eigenvalue weighted by molar-refractivity contribution is 5.78. The summed E-state index contributed by atoms with van der Waals surface area (Å²) < 4.78 is 1.48. The predicted octanol–water partition coefficient (Wildman–Crippen LogP) is 0.528. The molecule has 58 valence electrons. The number of hydrogen-bond donors (Lipinski definition) is 0. The van der Waals surface area contributed by atoms with Crippen LogP contribution < -0.4 is 0 Å². The number of aryl methyl sites for hydroxylation is 1. The number of rotatable bonds is 3. The Balaban J connectivity index is 3.11. The van der Waals surface area contributed by atoms with Crippen LogP contribution in [-0.4, -0.2) is 22.4 Å². The van der Waals surface area contributed by atoms with Crippen molar-refractivity contribution in [3.8, 4) is 0 Å². The molecule has 4 heteroatoms. The molecule has 4 nitrogen and oxygen atoms in total. The van der Waals surface area contributed by atoms with E-state index < -0.39 is 0 Å². The van der Waals surface area contributed by atoms with Crippen LogP contribution in [0.25, 0.3) is 0 Å². The highest BCUT2D eigenvalue weighted by Crippen LogP contribution is 1.98. The van der Waals surface area contributed by atoms with Crippen LogP contribution in [0, 0.1) is 0 Å². The van der Waals surface area contributed by atoms with Crippen LogP contribution >= 0.6 is 0 Å². The maximum absolute atomic E-state index is 10.3. The van der Waals surface area contributed by atoms with Gasteiger partial charge in [-0.15, -0.1) is 0 Å². The molecule has 0 unspecified atom stereocenters. The first-order valence-electron chi connectivity index (χ1n) is 3.30. The summed E-state index contributed by atoms with van der Waals surface area (Å²) in [5.41, 5.74) is 0.739. The van der Waals surface area contributed by atoms with Crippen molar-refractivity contribution < 1.29 is 9.59 Å². The van der Waals surface area contributed by atoms with Crippen molar-refractivity contribution in [2.24, 2.45) is 0 Å². The van der Waals surface area contributed by atoms with Crippen LogP contribution in [0.3, 0.4) is 0 Å². The number of carbonyl (C=O) groups excluding carboxylic acids is 2. The molecule has 0 N–H and O–H groups in total. The van der Waals surface area contributed by atoms with Crippen molar-refractivity contribution in [1.82, 2.24) is 9.78 Å². The average Bonchev–Trinajstić information content (AvgIpc) is 2.46. The molecule has 0 saturated carbocycles. The van der Waals surface area contributed by atoms with Gasteiger partial charge >= 0.3 is 0 Å². The minimum Gasteiger partial charge on any atom is -0.296 e. The van der Waals surface area contributed by atoms with Crippen molar-refractivity contribution in [2.75, 3.05) is 0 Å². The maximum atomic E-state index is 10.3. The van der Waals surface area contributed by atoms with E-state index in [-0.39, 0.29) is 0 Å². The monoisotopic (exact) mass is 152 g/mol. The quantitative estimate of drug-likeness (QED) is 0.593. The Morgan fingerprint density at radius 1 is 1.55 bits per heavy atom. The van der Waals surface area contributed by atoms with Crippen molar-refractivity contribution in [3.63, 3.8) is 0 Å². The highest BCUT2D eigenvalue weighted by atomic mass is 16.1. The fourth-order valence-electron chi connectivity index (χ4n) is 0.858. The van der Waals surface area contributed by atoms with Gasteiger partial charge in [0.25, 0.3) is 0 Å². The third kappa shape index (κ3) is 1.34. The van der Waals surface area contributed by atoms with Crippen molar-refractivity contribution in [2.45, 2.75) is 13.5 Å². The molecular formula is C7H8N2O2. The lowest BCUT2D eigenvalue weighted by Crippen LogP contribution is -2.01. The highest BCUT2D eigenvalue weighted by Gasteiger charge is 2.03. The van der Waals surface area contributed by atoms with Gasteiger partial charge in [0.2, 0.25) is 0 Å². The fraction of sp³-hybridized carbons (Fsp3) is 0.286. The third-order valence-corrected chi connectivity index (χ3v) is 1.37. The average molecular weight is 152 g/mol. The van der Waals surface area contributed by atoms with Gasteiger partial charge in [0.1, 0.15) is 11.4 Å². The topological polar surface area (TPSA) is 52.0 Å².